The maximum atomic E-state index is 9.77. The third kappa shape index (κ3) is 3.87. The number of phenolic OH excluding ortho intramolecular Hbond substituents is 1. The molecule has 0 atom stereocenters. The van der Waals surface area contributed by atoms with E-state index in [0.717, 1.165) is 30.4 Å². The van der Waals surface area contributed by atoms with Crippen LogP contribution in [-0.2, 0) is 0 Å². The predicted octanol–water partition coefficient (Wildman–Crippen LogP) is 3.03. The molecule has 0 bridgehead atoms. The number of aliphatic imine (C=N–C) groups is 1. The molecule has 0 saturated heterocycles. The number of hydrogen-bond acceptors (Lipinski definition) is 5. The second-order valence-corrected chi connectivity index (χ2v) is 5.39. The Morgan fingerprint density at radius 1 is 1.09 bits per heavy atom. The lowest BCUT2D eigenvalue weighted by Crippen LogP contribution is -2.44. The summed E-state index contributed by atoms with van der Waals surface area (Å²) in [6.45, 7) is 5.78. The number of aromatic hydroxyl groups is 1. The summed E-state index contributed by atoms with van der Waals surface area (Å²) in [5.41, 5.74) is 7.58. The summed E-state index contributed by atoms with van der Waals surface area (Å²) in [4.78, 5) is 4.38. The molecule has 0 saturated carbocycles. The number of halogens is 1. The standard InChI is InChI=1S/C17H20N4O.ClH/c1-12-6-7-15(10-13(12)2)21(20-17-18-8-9-19-17)14-4-3-5-16(22)11-14;/h3-7,10-11,22H,8-9H2,1-2H3,(H2,18,19,20);1H. The Balaban J connectivity index is 0.00000192. The van der Waals surface area contributed by atoms with Crippen molar-refractivity contribution in [3.05, 3.63) is 53.6 Å². The minimum atomic E-state index is 0. The fourth-order valence-corrected chi connectivity index (χ4v) is 2.35. The van der Waals surface area contributed by atoms with Gasteiger partial charge in [-0.3, -0.25) is 15.4 Å². The van der Waals surface area contributed by atoms with Crippen LogP contribution in [0.25, 0.3) is 0 Å². The molecule has 23 heavy (non-hydrogen) atoms. The van der Waals surface area contributed by atoms with Gasteiger partial charge in [-0.15, -0.1) is 12.4 Å². The van der Waals surface area contributed by atoms with Crippen molar-refractivity contribution in [2.45, 2.75) is 13.8 Å². The average Bonchev–Trinajstić information content (AvgIpc) is 3.01. The highest BCUT2D eigenvalue weighted by atomic mass is 35.5. The van der Waals surface area contributed by atoms with Crippen molar-refractivity contribution in [1.29, 1.82) is 0 Å². The molecule has 2 aromatic rings. The SMILES string of the molecule is Cc1ccc(N(NC2=NCCN2)c2cccc(O)c2)cc1C.Cl. The zero-order valence-electron chi connectivity index (χ0n) is 13.2. The Labute approximate surface area is 142 Å². The van der Waals surface area contributed by atoms with Crippen molar-refractivity contribution in [2.24, 2.45) is 4.99 Å². The van der Waals surface area contributed by atoms with E-state index in [9.17, 15) is 5.11 Å². The molecule has 1 aliphatic rings. The van der Waals surface area contributed by atoms with Crippen molar-refractivity contribution in [2.75, 3.05) is 18.1 Å². The van der Waals surface area contributed by atoms with Gasteiger partial charge in [0, 0.05) is 12.6 Å². The summed E-state index contributed by atoms with van der Waals surface area (Å²) in [5, 5.41) is 14.9. The monoisotopic (exact) mass is 332 g/mol. The van der Waals surface area contributed by atoms with Gasteiger partial charge in [-0.25, -0.2) is 0 Å². The molecule has 2 aromatic carbocycles. The van der Waals surface area contributed by atoms with Gasteiger partial charge in [-0.2, -0.15) is 0 Å². The smallest absolute Gasteiger partial charge is 0.210 e. The Morgan fingerprint density at radius 2 is 1.87 bits per heavy atom. The maximum absolute atomic E-state index is 9.77. The van der Waals surface area contributed by atoms with E-state index in [1.165, 1.54) is 11.1 Å². The van der Waals surface area contributed by atoms with E-state index in [1.807, 2.05) is 17.1 Å². The minimum Gasteiger partial charge on any atom is -0.508 e. The molecule has 0 spiro atoms. The van der Waals surface area contributed by atoms with Gasteiger partial charge in [0.25, 0.3) is 0 Å². The molecular weight excluding hydrogens is 312 g/mol. The zero-order chi connectivity index (χ0) is 15.5. The lowest BCUT2D eigenvalue weighted by atomic mass is 10.1. The van der Waals surface area contributed by atoms with Crippen molar-refractivity contribution in [3.8, 4) is 5.75 Å². The second kappa shape index (κ2) is 7.24. The largest absolute Gasteiger partial charge is 0.508 e. The lowest BCUT2D eigenvalue weighted by molar-refractivity contribution is 0.475. The molecule has 0 aromatic heterocycles. The Kier molecular flexibility index (Phi) is 5.34. The van der Waals surface area contributed by atoms with Crippen LogP contribution in [0.1, 0.15) is 11.1 Å². The van der Waals surface area contributed by atoms with E-state index < -0.39 is 0 Å². The minimum absolute atomic E-state index is 0. The molecule has 0 aliphatic carbocycles. The van der Waals surface area contributed by atoms with Crippen molar-refractivity contribution in [3.63, 3.8) is 0 Å². The first kappa shape index (κ1) is 17.0. The molecular formula is C17H21ClN4O. The van der Waals surface area contributed by atoms with Gasteiger partial charge in [-0.05, 0) is 49.2 Å². The number of guanidine groups is 1. The fourth-order valence-electron chi connectivity index (χ4n) is 2.35. The Hall–Kier alpha value is -2.40. The first-order valence-electron chi connectivity index (χ1n) is 7.35. The van der Waals surface area contributed by atoms with Gasteiger partial charge in [-0.1, -0.05) is 12.1 Å². The molecule has 122 valence electrons. The number of hydrazine groups is 1. The number of aryl methyl sites for hydroxylation is 2. The van der Waals surface area contributed by atoms with Crippen molar-refractivity contribution >= 4 is 29.7 Å². The summed E-state index contributed by atoms with van der Waals surface area (Å²) < 4.78 is 0. The van der Waals surface area contributed by atoms with Crippen LogP contribution in [0.3, 0.4) is 0 Å². The van der Waals surface area contributed by atoms with Crippen molar-refractivity contribution < 1.29 is 5.11 Å². The fraction of sp³-hybridized carbons (Fsp3) is 0.235. The summed E-state index contributed by atoms with van der Waals surface area (Å²) in [6.07, 6.45) is 0. The first-order chi connectivity index (χ1) is 10.6. The van der Waals surface area contributed by atoms with Gasteiger partial charge in [0.05, 0.1) is 17.9 Å². The number of rotatable bonds is 3. The molecule has 0 fully saturated rings. The van der Waals surface area contributed by atoms with Crippen LogP contribution in [-0.4, -0.2) is 24.2 Å². The van der Waals surface area contributed by atoms with Crippen LogP contribution in [0.15, 0.2) is 47.5 Å². The van der Waals surface area contributed by atoms with Gasteiger partial charge in [0.15, 0.2) is 0 Å². The third-order valence-electron chi connectivity index (χ3n) is 3.73. The molecule has 0 unspecified atom stereocenters. The zero-order valence-corrected chi connectivity index (χ0v) is 14.0. The Morgan fingerprint density at radius 3 is 2.52 bits per heavy atom. The molecule has 5 nitrogen and oxygen atoms in total. The van der Waals surface area contributed by atoms with Crippen LogP contribution in [0, 0.1) is 13.8 Å². The molecule has 0 amide bonds. The quantitative estimate of drug-likeness (QED) is 0.756. The predicted molar refractivity (Wildman–Crippen MR) is 96.9 cm³/mol. The highest BCUT2D eigenvalue weighted by molar-refractivity contribution is 5.85. The maximum Gasteiger partial charge on any atom is 0.210 e. The number of nitrogens with zero attached hydrogens (tertiary/aromatic N) is 2. The van der Waals surface area contributed by atoms with Crippen LogP contribution >= 0.6 is 12.4 Å². The topological polar surface area (TPSA) is 59.9 Å². The highest BCUT2D eigenvalue weighted by Gasteiger charge is 2.14. The highest BCUT2D eigenvalue weighted by Crippen LogP contribution is 2.27. The van der Waals surface area contributed by atoms with Crippen LogP contribution in [0.5, 0.6) is 5.75 Å². The number of anilines is 2. The lowest BCUT2D eigenvalue weighted by Gasteiger charge is -2.27. The van der Waals surface area contributed by atoms with E-state index in [2.05, 4.69) is 47.8 Å². The normalized spacial score (nSPS) is 12.9. The van der Waals surface area contributed by atoms with Crippen LogP contribution < -0.4 is 15.8 Å². The molecule has 0 radical (unpaired) electrons. The summed E-state index contributed by atoms with van der Waals surface area (Å²) in [5.74, 6) is 0.969. The first-order valence-corrected chi connectivity index (χ1v) is 7.35. The van der Waals surface area contributed by atoms with Gasteiger partial charge in [0.1, 0.15) is 5.75 Å². The van der Waals surface area contributed by atoms with E-state index >= 15 is 0 Å². The summed E-state index contributed by atoms with van der Waals surface area (Å²) in [6, 6.07) is 13.4. The number of hydrogen-bond donors (Lipinski definition) is 3. The van der Waals surface area contributed by atoms with Gasteiger partial charge >= 0.3 is 0 Å². The molecule has 1 heterocycles. The Bertz CT molecular complexity index is 717. The van der Waals surface area contributed by atoms with Crippen LogP contribution in [0.2, 0.25) is 0 Å². The average molecular weight is 333 g/mol. The molecule has 3 N–H and O–H groups in total. The second-order valence-electron chi connectivity index (χ2n) is 5.39. The number of phenols is 1. The molecule has 3 rings (SSSR count). The van der Waals surface area contributed by atoms with Gasteiger partial charge in [0.2, 0.25) is 5.96 Å². The number of benzene rings is 2. The number of nitrogens with one attached hydrogen (secondary N) is 2. The molecule has 1 aliphatic heterocycles. The van der Waals surface area contributed by atoms with Crippen LogP contribution in [0.4, 0.5) is 11.4 Å². The molecule has 6 heteroatoms. The third-order valence-corrected chi connectivity index (χ3v) is 3.73. The summed E-state index contributed by atoms with van der Waals surface area (Å²) in [7, 11) is 0. The summed E-state index contributed by atoms with van der Waals surface area (Å²) >= 11 is 0. The van der Waals surface area contributed by atoms with Gasteiger partial charge < -0.3 is 10.4 Å². The van der Waals surface area contributed by atoms with E-state index in [4.69, 9.17) is 0 Å². The van der Waals surface area contributed by atoms with Crippen molar-refractivity contribution in [1.82, 2.24) is 10.7 Å². The van der Waals surface area contributed by atoms with E-state index in [-0.39, 0.29) is 18.2 Å². The van der Waals surface area contributed by atoms with E-state index in [0.29, 0.717) is 0 Å². The van der Waals surface area contributed by atoms with E-state index in [1.54, 1.807) is 12.1 Å².